The molecule has 0 spiro atoms. The highest BCUT2D eigenvalue weighted by Crippen LogP contribution is 2.30. The lowest BCUT2D eigenvalue weighted by atomic mass is 9.79. The summed E-state index contributed by atoms with van der Waals surface area (Å²) in [6.07, 6.45) is 2.94. The van der Waals surface area contributed by atoms with Gasteiger partial charge < -0.3 is 20.7 Å². The molecule has 3 rings (SSSR count). The summed E-state index contributed by atoms with van der Waals surface area (Å²) in [5.74, 6) is -0.374. The molecule has 1 atom stereocenters. The first kappa shape index (κ1) is 16.8. The van der Waals surface area contributed by atoms with Crippen molar-refractivity contribution in [3.8, 4) is 0 Å². The fourth-order valence-electron chi connectivity index (χ4n) is 3.61. The summed E-state index contributed by atoms with van der Waals surface area (Å²) in [5.41, 5.74) is 5.99. The molecular weight excluding hydrogens is 306 g/mol. The lowest BCUT2D eigenvalue weighted by molar-refractivity contribution is -0.134. The molecule has 6 heteroatoms. The van der Waals surface area contributed by atoms with E-state index in [1.165, 1.54) is 0 Å². The van der Waals surface area contributed by atoms with Crippen molar-refractivity contribution in [1.29, 1.82) is 0 Å². The summed E-state index contributed by atoms with van der Waals surface area (Å²) < 4.78 is 5.33. The Morgan fingerprint density at radius 3 is 2.62 bits per heavy atom. The Hall–Kier alpha value is -2.08. The van der Waals surface area contributed by atoms with Crippen LogP contribution in [-0.2, 0) is 14.3 Å². The molecule has 2 amide bonds. The zero-order valence-corrected chi connectivity index (χ0v) is 13.9. The number of hydrogen-bond donors (Lipinski definition) is 2. The third kappa shape index (κ3) is 3.38. The van der Waals surface area contributed by atoms with Crippen molar-refractivity contribution in [2.75, 3.05) is 31.2 Å². The molecule has 1 aromatic rings. The molecule has 0 radical (unpaired) electrons. The number of para-hydroxylation sites is 1. The van der Waals surface area contributed by atoms with Gasteiger partial charge in [0, 0.05) is 32.0 Å². The smallest absolute Gasteiger partial charge is 0.242 e. The quantitative estimate of drug-likeness (QED) is 0.845. The van der Waals surface area contributed by atoms with Gasteiger partial charge in [0.1, 0.15) is 6.04 Å². The van der Waals surface area contributed by atoms with Gasteiger partial charge in [-0.15, -0.1) is 0 Å². The normalized spacial score (nSPS) is 23.0. The zero-order valence-electron chi connectivity index (χ0n) is 13.9. The van der Waals surface area contributed by atoms with Crippen LogP contribution in [-0.4, -0.2) is 44.2 Å². The summed E-state index contributed by atoms with van der Waals surface area (Å²) >= 11 is 0. The second-order valence-electron chi connectivity index (χ2n) is 6.66. The number of carbonyl (C=O) groups excluding carboxylic acids is 2. The first-order valence-corrected chi connectivity index (χ1v) is 8.59. The van der Waals surface area contributed by atoms with Gasteiger partial charge >= 0.3 is 0 Å². The summed E-state index contributed by atoms with van der Waals surface area (Å²) in [6.45, 7) is 2.19. The van der Waals surface area contributed by atoms with Crippen molar-refractivity contribution in [3.63, 3.8) is 0 Å². The number of ether oxygens (including phenoxy) is 1. The van der Waals surface area contributed by atoms with Crippen molar-refractivity contribution >= 4 is 17.5 Å². The first-order valence-electron chi connectivity index (χ1n) is 8.59. The Morgan fingerprint density at radius 2 is 1.96 bits per heavy atom. The highest BCUT2D eigenvalue weighted by atomic mass is 16.5. The van der Waals surface area contributed by atoms with E-state index in [1.807, 2.05) is 30.3 Å². The molecule has 2 aliphatic rings. The fourth-order valence-corrected chi connectivity index (χ4v) is 3.61. The minimum atomic E-state index is -0.676. The number of benzene rings is 1. The van der Waals surface area contributed by atoms with E-state index in [-0.39, 0.29) is 17.9 Å². The van der Waals surface area contributed by atoms with Crippen LogP contribution in [0, 0.1) is 5.41 Å². The molecule has 2 heterocycles. The predicted molar refractivity (Wildman–Crippen MR) is 91.5 cm³/mol. The molecule has 24 heavy (non-hydrogen) atoms. The Bertz CT molecular complexity index is 584. The van der Waals surface area contributed by atoms with E-state index in [0.29, 0.717) is 32.6 Å². The number of carbonyl (C=O) groups is 2. The van der Waals surface area contributed by atoms with Crippen LogP contribution in [0.4, 0.5) is 5.69 Å². The Morgan fingerprint density at radius 1 is 1.25 bits per heavy atom. The number of rotatable bonds is 5. The van der Waals surface area contributed by atoms with Crippen LogP contribution >= 0.6 is 0 Å². The lowest BCUT2D eigenvalue weighted by Crippen LogP contribution is -2.52. The van der Waals surface area contributed by atoms with Crippen LogP contribution in [0.15, 0.2) is 30.3 Å². The summed E-state index contributed by atoms with van der Waals surface area (Å²) in [4.78, 5) is 26.7. The van der Waals surface area contributed by atoms with E-state index in [0.717, 1.165) is 25.1 Å². The van der Waals surface area contributed by atoms with Crippen LogP contribution in [0.1, 0.15) is 25.7 Å². The molecule has 1 aromatic carbocycles. The standard InChI is InChI=1S/C18H25N3O3/c19-17(23)18(8-11-24-12-9-18)13-20-16(22)15-7-4-10-21(15)14-5-2-1-3-6-14/h1-3,5-6,15H,4,7-13H2,(H2,19,23)(H,20,22). The highest BCUT2D eigenvalue weighted by molar-refractivity contribution is 5.87. The average Bonchev–Trinajstić information content (AvgIpc) is 3.11. The maximum Gasteiger partial charge on any atom is 0.242 e. The highest BCUT2D eigenvalue weighted by Gasteiger charge is 2.40. The van der Waals surface area contributed by atoms with E-state index in [2.05, 4.69) is 10.2 Å². The molecule has 0 bridgehead atoms. The maximum atomic E-state index is 12.7. The second kappa shape index (κ2) is 7.21. The lowest BCUT2D eigenvalue weighted by Gasteiger charge is -2.35. The second-order valence-corrected chi connectivity index (χ2v) is 6.66. The number of primary amides is 1. The predicted octanol–water partition coefficient (Wildman–Crippen LogP) is 1.05. The van der Waals surface area contributed by atoms with Gasteiger partial charge in [-0.25, -0.2) is 0 Å². The van der Waals surface area contributed by atoms with Gasteiger partial charge in [-0.2, -0.15) is 0 Å². The van der Waals surface area contributed by atoms with Crippen molar-refractivity contribution in [1.82, 2.24) is 5.32 Å². The molecule has 130 valence electrons. The number of nitrogens with one attached hydrogen (secondary N) is 1. The number of nitrogens with zero attached hydrogens (tertiary/aromatic N) is 1. The SMILES string of the molecule is NC(=O)C1(CNC(=O)C2CCCN2c2ccccc2)CCOCC1. The summed E-state index contributed by atoms with van der Waals surface area (Å²) in [6, 6.07) is 9.79. The van der Waals surface area contributed by atoms with E-state index in [1.54, 1.807) is 0 Å². The van der Waals surface area contributed by atoms with E-state index >= 15 is 0 Å². The number of hydrogen-bond acceptors (Lipinski definition) is 4. The largest absolute Gasteiger partial charge is 0.381 e. The molecule has 3 N–H and O–H groups in total. The van der Waals surface area contributed by atoms with Gasteiger partial charge in [-0.3, -0.25) is 9.59 Å². The van der Waals surface area contributed by atoms with E-state index < -0.39 is 5.41 Å². The Balaban J connectivity index is 1.64. The third-order valence-corrected chi connectivity index (χ3v) is 5.22. The van der Waals surface area contributed by atoms with Gasteiger partial charge in [0.15, 0.2) is 0 Å². The number of amides is 2. The van der Waals surface area contributed by atoms with Crippen molar-refractivity contribution in [2.24, 2.45) is 11.1 Å². The van der Waals surface area contributed by atoms with Gasteiger partial charge in [0.25, 0.3) is 0 Å². The maximum absolute atomic E-state index is 12.7. The van der Waals surface area contributed by atoms with Crippen LogP contribution in [0.3, 0.4) is 0 Å². The molecule has 1 unspecified atom stereocenters. The topological polar surface area (TPSA) is 84.7 Å². The zero-order chi connectivity index (χ0) is 17.0. The van der Waals surface area contributed by atoms with Crippen molar-refractivity contribution in [3.05, 3.63) is 30.3 Å². The molecule has 6 nitrogen and oxygen atoms in total. The van der Waals surface area contributed by atoms with Crippen LogP contribution in [0.2, 0.25) is 0 Å². The van der Waals surface area contributed by atoms with Gasteiger partial charge in [0.05, 0.1) is 5.41 Å². The van der Waals surface area contributed by atoms with Crippen molar-refractivity contribution < 1.29 is 14.3 Å². The van der Waals surface area contributed by atoms with Crippen LogP contribution in [0.25, 0.3) is 0 Å². The van der Waals surface area contributed by atoms with Gasteiger partial charge in [-0.1, -0.05) is 18.2 Å². The average molecular weight is 331 g/mol. The summed E-state index contributed by atoms with van der Waals surface area (Å²) in [7, 11) is 0. The third-order valence-electron chi connectivity index (χ3n) is 5.22. The fraction of sp³-hybridized carbons (Fsp3) is 0.556. The molecular formula is C18H25N3O3. The van der Waals surface area contributed by atoms with Gasteiger partial charge in [-0.05, 0) is 37.8 Å². The van der Waals surface area contributed by atoms with Crippen LogP contribution < -0.4 is 16.0 Å². The Labute approximate surface area is 142 Å². The van der Waals surface area contributed by atoms with Crippen LogP contribution in [0.5, 0.6) is 0 Å². The first-order chi connectivity index (χ1) is 11.6. The molecule has 2 saturated heterocycles. The molecule has 0 aliphatic carbocycles. The molecule has 0 aromatic heterocycles. The summed E-state index contributed by atoms with van der Waals surface area (Å²) in [5, 5.41) is 2.98. The number of anilines is 1. The van der Waals surface area contributed by atoms with Gasteiger partial charge in [0.2, 0.25) is 11.8 Å². The molecule has 2 aliphatic heterocycles. The Kier molecular flexibility index (Phi) is 5.04. The minimum Gasteiger partial charge on any atom is -0.381 e. The minimum absolute atomic E-state index is 0.0246. The van der Waals surface area contributed by atoms with E-state index in [9.17, 15) is 9.59 Å². The monoisotopic (exact) mass is 331 g/mol. The number of nitrogens with two attached hydrogens (primary N) is 1. The molecule has 0 saturated carbocycles. The van der Waals surface area contributed by atoms with Crippen molar-refractivity contribution in [2.45, 2.75) is 31.7 Å². The molecule has 2 fully saturated rings. The van der Waals surface area contributed by atoms with E-state index in [4.69, 9.17) is 10.5 Å².